The summed E-state index contributed by atoms with van der Waals surface area (Å²) in [6, 6.07) is -0.0249. The minimum Gasteiger partial charge on any atom is -0.362 e. The second kappa shape index (κ2) is 5.30. The summed E-state index contributed by atoms with van der Waals surface area (Å²) in [6.07, 6.45) is 1.85. The molecule has 84 valence electrons. The molecule has 1 heterocycles. The lowest BCUT2D eigenvalue weighted by Crippen LogP contribution is -2.33. The van der Waals surface area contributed by atoms with Gasteiger partial charge in [-0.1, -0.05) is 13.3 Å². The molecule has 1 rings (SSSR count). The number of anilines is 1. The highest BCUT2D eigenvalue weighted by atomic mass is 16.2. The van der Waals surface area contributed by atoms with Crippen molar-refractivity contribution in [3.63, 3.8) is 0 Å². The Morgan fingerprint density at radius 2 is 2.27 bits per heavy atom. The fraction of sp³-hybridized carbons (Fsp3) is 0.625. The molecule has 7 nitrogen and oxygen atoms in total. The molecule has 0 aliphatic carbocycles. The number of rotatable bonds is 5. The molecule has 15 heavy (non-hydrogen) atoms. The molecular weight excluding hydrogens is 198 g/mol. The summed E-state index contributed by atoms with van der Waals surface area (Å²) in [4.78, 5) is 23.9. The van der Waals surface area contributed by atoms with Gasteiger partial charge in [0, 0.05) is 12.6 Å². The number of H-pyrrole nitrogens is 2. The van der Waals surface area contributed by atoms with Crippen LogP contribution in [0.5, 0.6) is 0 Å². The van der Waals surface area contributed by atoms with E-state index in [4.69, 9.17) is 5.73 Å². The van der Waals surface area contributed by atoms with Gasteiger partial charge in [-0.2, -0.15) is 0 Å². The third kappa shape index (κ3) is 3.55. The van der Waals surface area contributed by atoms with E-state index in [9.17, 15) is 9.59 Å². The van der Waals surface area contributed by atoms with Crippen molar-refractivity contribution in [2.24, 2.45) is 5.73 Å². The maximum Gasteiger partial charge on any atom is 0.342 e. The van der Waals surface area contributed by atoms with E-state index in [1.165, 1.54) is 0 Å². The number of nitrogens with zero attached hydrogens (tertiary/aromatic N) is 1. The summed E-state index contributed by atoms with van der Waals surface area (Å²) < 4.78 is 0. The molecule has 1 unspecified atom stereocenters. The lowest BCUT2D eigenvalue weighted by Gasteiger charge is -2.10. The van der Waals surface area contributed by atoms with Crippen LogP contribution in [0.4, 0.5) is 5.82 Å². The van der Waals surface area contributed by atoms with Gasteiger partial charge in [0.05, 0.1) is 0 Å². The van der Waals surface area contributed by atoms with E-state index >= 15 is 0 Å². The maximum absolute atomic E-state index is 11.2. The number of aromatic amines is 2. The SMILES string of the molecule is CCCC(N)CNc1n[nH]c(=O)[nH]c1=O. The number of hydrogen-bond acceptors (Lipinski definition) is 5. The molecular formula is C8H15N5O2. The summed E-state index contributed by atoms with van der Waals surface area (Å²) in [7, 11) is 0. The van der Waals surface area contributed by atoms with E-state index in [1.54, 1.807) is 0 Å². The number of nitrogens with two attached hydrogens (primary N) is 1. The predicted octanol–water partition coefficient (Wildman–Crippen LogP) is -1.00. The highest BCUT2D eigenvalue weighted by molar-refractivity contribution is 5.28. The summed E-state index contributed by atoms with van der Waals surface area (Å²) >= 11 is 0. The first-order valence-corrected chi connectivity index (χ1v) is 4.82. The Kier molecular flexibility index (Phi) is 4.04. The summed E-state index contributed by atoms with van der Waals surface area (Å²) in [5.41, 5.74) is 4.58. The highest BCUT2D eigenvalue weighted by Gasteiger charge is 2.04. The Bertz CT molecular complexity index is 410. The molecule has 1 aromatic rings. The molecule has 0 aliphatic rings. The Hall–Kier alpha value is -1.63. The van der Waals surface area contributed by atoms with Gasteiger partial charge in [0.1, 0.15) is 0 Å². The fourth-order valence-corrected chi connectivity index (χ4v) is 1.17. The van der Waals surface area contributed by atoms with Gasteiger partial charge >= 0.3 is 5.69 Å². The van der Waals surface area contributed by atoms with Crippen molar-refractivity contribution in [1.29, 1.82) is 0 Å². The first-order valence-electron chi connectivity index (χ1n) is 4.82. The quantitative estimate of drug-likeness (QED) is 0.500. The zero-order valence-corrected chi connectivity index (χ0v) is 8.54. The second-order valence-corrected chi connectivity index (χ2v) is 3.29. The molecule has 0 radical (unpaired) electrons. The van der Waals surface area contributed by atoms with Crippen LogP contribution in [0.25, 0.3) is 0 Å². The van der Waals surface area contributed by atoms with E-state index in [0.717, 1.165) is 12.8 Å². The molecule has 0 aromatic carbocycles. The topological polar surface area (TPSA) is 117 Å². The van der Waals surface area contributed by atoms with Crippen LogP contribution in [0.2, 0.25) is 0 Å². The molecule has 1 aromatic heterocycles. The minimum absolute atomic E-state index is 0.0249. The zero-order valence-electron chi connectivity index (χ0n) is 8.54. The molecule has 0 aliphatic heterocycles. The van der Waals surface area contributed by atoms with E-state index in [1.807, 2.05) is 6.92 Å². The maximum atomic E-state index is 11.2. The van der Waals surface area contributed by atoms with Crippen molar-refractivity contribution < 1.29 is 0 Å². The van der Waals surface area contributed by atoms with Gasteiger partial charge in [-0.3, -0.25) is 9.78 Å². The van der Waals surface area contributed by atoms with Crippen molar-refractivity contribution in [2.75, 3.05) is 11.9 Å². The average Bonchev–Trinajstić information content (AvgIpc) is 2.17. The summed E-state index contributed by atoms with van der Waals surface area (Å²) in [5.74, 6) is 0.0844. The molecule has 0 fully saturated rings. The third-order valence-corrected chi connectivity index (χ3v) is 1.90. The van der Waals surface area contributed by atoms with Gasteiger partial charge in [-0.05, 0) is 6.42 Å². The van der Waals surface area contributed by atoms with Crippen molar-refractivity contribution in [3.8, 4) is 0 Å². The fourth-order valence-electron chi connectivity index (χ4n) is 1.17. The monoisotopic (exact) mass is 213 g/mol. The molecule has 5 N–H and O–H groups in total. The van der Waals surface area contributed by atoms with E-state index in [0.29, 0.717) is 6.54 Å². The third-order valence-electron chi connectivity index (χ3n) is 1.90. The Labute approximate surface area is 86.1 Å². The van der Waals surface area contributed by atoms with Crippen LogP contribution in [-0.4, -0.2) is 27.8 Å². The molecule has 0 saturated carbocycles. The van der Waals surface area contributed by atoms with E-state index < -0.39 is 11.2 Å². The Balaban J connectivity index is 2.58. The van der Waals surface area contributed by atoms with Crippen LogP contribution in [-0.2, 0) is 0 Å². The van der Waals surface area contributed by atoms with Crippen molar-refractivity contribution in [1.82, 2.24) is 15.2 Å². The molecule has 0 saturated heterocycles. The van der Waals surface area contributed by atoms with E-state index in [-0.39, 0.29) is 11.9 Å². The smallest absolute Gasteiger partial charge is 0.342 e. The zero-order chi connectivity index (χ0) is 11.3. The van der Waals surface area contributed by atoms with Crippen LogP contribution in [0, 0.1) is 0 Å². The molecule has 1 atom stereocenters. The minimum atomic E-state index is -0.622. The van der Waals surface area contributed by atoms with Gasteiger partial charge in [0.2, 0.25) is 5.82 Å². The summed E-state index contributed by atoms with van der Waals surface area (Å²) in [6.45, 7) is 2.49. The second-order valence-electron chi connectivity index (χ2n) is 3.29. The number of hydrogen-bond donors (Lipinski definition) is 4. The van der Waals surface area contributed by atoms with Gasteiger partial charge in [0.15, 0.2) is 0 Å². The summed E-state index contributed by atoms with van der Waals surface area (Å²) in [5, 5.41) is 8.47. The van der Waals surface area contributed by atoms with Gasteiger partial charge in [0.25, 0.3) is 5.56 Å². The normalized spacial score (nSPS) is 12.4. The van der Waals surface area contributed by atoms with Crippen LogP contribution in [0.15, 0.2) is 9.59 Å². The Morgan fingerprint density at radius 3 is 2.87 bits per heavy atom. The van der Waals surface area contributed by atoms with Crippen molar-refractivity contribution >= 4 is 5.82 Å². The molecule has 0 amide bonds. The predicted molar refractivity (Wildman–Crippen MR) is 56.9 cm³/mol. The van der Waals surface area contributed by atoms with Crippen molar-refractivity contribution in [2.45, 2.75) is 25.8 Å². The van der Waals surface area contributed by atoms with E-state index in [2.05, 4.69) is 20.5 Å². The number of nitrogens with one attached hydrogen (secondary N) is 3. The van der Waals surface area contributed by atoms with Gasteiger partial charge in [-0.15, -0.1) is 5.10 Å². The Morgan fingerprint density at radius 1 is 1.53 bits per heavy atom. The van der Waals surface area contributed by atoms with Gasteiger partial charge in [-0.25, -0.2) is 9.89 Å². The highest BCUT2D eigenvalue weighted by Crippen LogP contribution is 1.94. The van der Waals surface area contributed by atoms with Crippen LogP contribution < -0.4 is 22.3 Å². The van der Waals surface area contributed by atoms with Crippen LogP contribution in [0.3, 0.4) is 0 Å². The number of aromatic nitrogens is 3. The molecule has 0 bridgehead atoms. The molecule has 0 spiro atoms. The first-order chi connectivity index (χ1) is 7.13. The van der Waals surface area contributed by atoms with Crippen LogP contribution >= 0.6 is 0 Å². The van der Waals surface area contributed by atoms with Crippen molar-refractivity contribution in [3.05, 3.63) is 20.8 Å². The lowest BCUT2D eigenvalue weighted by molar-refractivity contribution is 0.624. The first kappa shape index (κ1) is 11.4. The van der Waals surface area contributed by atoms with Crippen LogP contribution in [0.1, 0.15) is 19.8 Å². The standard InChI is InChI=1S/C8H15N5O2/c1-2-3-5(9)4-10-6-7(14)11-8(15)13-12-6/h5H,2-4,9H2,1H3,(H,10,12)(H2,11,13,14,15). The largest absolute Gasteiger partial charge is 0.362 e. The average molecular weight is 213 g/mol. The molecule has 7 heteroatoms. The lowest BCUT2D eigenvalue weighted by atomic mass is 10.2. The van der Waals surface area contributed by atoms with Gasteiger partial charge < -0.3 is 11.1 Å².